The predicted molar refractivity (Wildman–Crippen MR) is 65.9 cm³/mol. The first kappa shape index (κ1) is 11.1. The van der Waals surface area contributed by atoms with Gasteiger partial charge in [-0.05, 0) is 25.2 Å². The van der Waals surface area contributed by atoms with Gasteiger partial charge in [0.25, 0.3) is 0 Å². The van der Waals surface area contributed by atoms with E-state index in [4.69, 9.17) is 16.3 Å². The Balaban J connectivity index is 2.00. The number of benzene rings is 1. The molecule has 0 bridgehead atoms. The zero-order valence-corrected chi connectivity index (χ0v) is 10.2. The van der Waals surface area contributed by atoms with E-state index in [2.05, 4.69) is 5.32 Å². The van der Waals surface area contributed by atoms with Crippen molar-refractivity contribution in [2.45, 2.75) is 24.9 Å². The molecule has 0 radical (unpaired) electrons. The van der Waals surface area contributed by atoms with Crippen LogP contribution in [0, 0.1) is 0 Å². The van der Waals surface area contributed by atoms with Gasteiger partial charge < -0.3 is 10.1 Å². The number of hydrogen-bond donors (Lipinski definition) is 1. The molecule has 17 heavy (non-hydrogen) atoms. The number of hydrogen-bond acceptors (Lipinski definition) is 3. The van der Waals surface area contributed by atoms with E-state index in [9.17, 15) is 4.79 Å². The highest BCUT2D eigenvalue weighted by Gasteiger charge is 2.41. The number of carbonyl (C=O) groups is 1. The van der Waals surface area contributed by atoms with Crippen LogP contribution in [0.25, 0.3) is 0 Å². The van der Waals surface area contributed by atoms with Gasteiger partial charge in [-0.1, -0.05) is 17.7 Å². The Morgan fingerprint density at radius 1 is 1.29 bits per heavy atom. The minimum atomic E-state index is -0.306. The Hall–Kier alpha value is -1.06. The van der Waals surface area contributed by atoms with Crippen LogP contribution < -0.4 is 10.1 Å². The van der Waals surface area contributed by atoms with Gasteiger partial charge >= 0.3 is 0 Å². The first-order valence-corrected chi connectivity index (χ1v) is 6.29. The van der Waals surface area contributed by atoms with Crippen LogP contribution in [0.3, 0.4) is 0 Å². The fourth-order valence-electron chi connectivity index (χ4n) is 2.67. The highest BCUT2D eigenvalue weighted by Crippen LogP contribution is 2.40. The van der Waals surface area contributed by atoms with Crippen molar-refractivity contribution in [1.82, 2.24) is 5.32 Å². The lowest BCUT2D eigenvalue weighted by molar-refractivity contribution is 0.0188. The molecule has 1 spiro atoms. The molecule has 1 N–H and O–H groups in total. The normalized spacial score (nSPS) is 22.1. The van der Waals surface area contributed by atoms with Gasteiger partial charge in [-0.15, -0.1) is 0 Å². The largest absolute Gasteiger partial charge is 0.486 e. The van der Waals surface area contributed by atoms with E-state index in [0.29, 0.717) is 22.8 Å². The van der Waals surface area contributed by atoms with Crippen molar-refractivity contribution >= 4 is 17.4 Å². The van der Waals surface area contributed by atoms with Crippen molar-refractivity contribution in [3.8, 4) is 5.75 Å². The molecule has 0 aromatic heterocycles. The average Bonchev–Trinajstić information content (AvgIpc) is 2.29. The highest BCUT2D eigenvalue weighted by atomic mass is 35.5. The van der Waals surface area contributed by atoms with Gasteiger partial charge in [0.15, 0.2) is 5.78 Å². The standard InChI is InChI=1S/C13H14ClNO2/c14-9-2-1-3-11-12(9)10(16)8-13(17-11)4-6-15-7-5-13/h1-3,15H,4-8H2. The highest BCUT2D eigenvalue weighted by molar-refractivity contribution is 6.34. The van der Waals surface area contributed by atoms with Crippen molar-refractivity contribution in [1.29, 1.82) is 0 Å². The topological polar surface area (TPSA) is 38.3 Å². The van der Waals surface area contributed by atoms with Gasteiger partial charge in [-0.2, -0.15) is 0 Å². The third-order valence-electron chi connectivity index (χ3n) is 3.58. The fraction of sp³-hybridized carbons (Fsp3) is 0.462. The minimum Gasteiger partial charge on any atom is -0.486 e. The zero-order chi connectivity index (χ0) is 11.9. The summed E-state index contributed by atoms with van der Waals surface area (Å²) in [5, 5.41) is 3.79. The molecule has 90 valence electrons. The number of piperidine rings is 1. The Morgan fingerprint density at radius 3 is 2.82 bits per heavy atom. The third kappa shape index (κ3) is 1.83. The van der Waals surface area contributed by atoms with Gasteiger partial charge in [0.05, 0.1) is 17.0 Å². The Morgan fingerprint density at radius 2 is 2.06 bits per heavy atom. The first-order chi connectivity index (χ1) is 8.20. The lowest BCUT2D eigenvalue weighted by Gasteiger charge is -2.41. The Labute approximate surface area is 105 Å². The lowest BCUT2D eigenvalue weighted by Crippen LogP contribution is -2.49. The van der Waals surface area contributed by atoms with Gasteiger partial charge in [-0.3, -0.25) is 4.79 Å². The molecular weight excluding hydrogens is 238 g/mol. The monoisotopic (exact) mass is 251 g/mol. The van der Waals surface area contributed by atoms with Crippen LogP contribution >= 0.6 is 11.6 Å². The van der Waals surface area contributed by atoms with Crippen molar-refractivity contribution < 1.29 is 9.53 Å². The van der Waals surface area contributed by atoms with E-state index in [1.165, 1.54) is 0 Å². The van der Waals surface area contributed by atoms with E-state index >= 15 is 0 Å². The first-order valence-electron chi connectivity index (χ1n) is 5.92. The lowest BCUT2D eigenvalue weighted by atomic mass is 9.83. The summed E-state index contributed by atoms with van der Waals surface area (Å²) in [4.78, 5) is 12.2. The van der Waals surface area contributed by atoms with Gasteiger partial charge in [0.1, 0.15) is 11.4 Å². The molecule has 2 aliphatic rings. The van der Waals surface area contributed by atoms with Crippen LogP contribution in [0.2, 0.25) is 5.02 Å². The van der Waals surface area contributed by atoms with Crippen molar-refractivity contribution in [2.75, 3.05) is 13.1 Å². The second kappa shape index (κ2) is 4.00. The van der Waals surface area contributed by atoms with Crippen LogP contribution in [0.15, 0.2) is 18.2 Å². The minimum absolute atomic E-state index is 0.110. The van der Waals surface area contributed by atoms with E-state index in [1.807, 2.05) is 12.1 Å². The second-order valence-electron chi connectivity index (χ2n) is 4.75. The Kier molecular flexibility index (Phi) is 2.60. The third-order valence-corrected chi connectivity index (χ3v) is 3.89. The molecule has 1 aromatic rings. The summed E-state index contributed by atoms with van der Waals surface area (Å²) < 4.78 is 6.07. The van der Waals surface area contributed by atoms with Crippen molar-refractivity contribution in [3.05, 3.63) is 28.8 Å². The number of ether oxygens (including phenoxy) is 1. The molecule has 3 nitrogen and oxygen atoms in total. The van der Waals surface area contributed by atoms with Crippen LogP contribution in [0.1, 0.15) is 29.6 Å². The number of fused-ring (bicyclic) bond motifs is 1. The summed E-state index contributed by atoms with van der Waals surface area (Å²) in [7, 11) is 0. The molecule has 0 unspecified atom stereocenters. The number of nitrogens with one attached hydrogen (secondary N) is 1. The molecule has 0 aliphatic carbocycles. The molecule has 3 rings (SSSR count). The maximum atomic E-state index is 12.2. The molecule has 0 saturated carbocycles. The maximum absolute atomic E-state index is 12.2. The summed E-state index contributed by atoms with van der Waals surface area (Å²) in [6.07, 6.45) is 2.21. The smallest absolute Gasteiger partial charge is 0.172 e. The average molecular weight is 252 g/mol. The molecule has 2 heterocycles. The molecule has 1 saturated heterocycles. The quantitative estimate of drug-likeness (QED) is 0.770. The summed E-state index contributed by atoms with van der Waals surface area (Å²) in [6, 6.07) is 5.40. The summed E-state index contributed by atoms with van der Waals surface area (Å²) >= 11 is 6.05. The Bertz CT molecular complexity index is 466. The van der Waals surface area contributed by atoms with Crippen LogP contribution in [0.4, 0.5) is 0 Å². The van der Waals surface area contributed by atoms with Crippen molar-refractivity contribution in [3.63, 3.8) is 0 Å². The fourth-order valence-corrected chi connectivity index (χ4v) is 2.94. The van der Waals surface area contributed by atoms with Crippen molar-refractivity contribution in [2.24, 2.45) is 0 Å². The summed E-state index contributed by atoms with van der Waals surface area (Å²) in [6.45, 7) is 1.81. The molecule has 0 amide bonds. The van der Waals surface area contributed by atoms with Gasteiger partial charge in [0, 0.05) is 12.8 Å². The van der Waals surface area contributed by atoms with Crippen LogP contribution in [-0.2, 0) is 0 Å². The number of Topliss-reactive ketones (excluding diaryl/α,β-unsaturated/α-hetero) is 1. The maximum Gasteiger partial charge on any atom is 0.172 e. The predicted octanol–water partition coefficient (Wildman–Crippen LogP) is 2.43. The second-order valence-corrected chi connectivity index (χ2v) is 5.16. The number of rotatable bonds is 0. The molecule has 0 atom stereocenters. The number of carbonyl (C=O) groups excluding carboxylic acids is 1. The molecule has 4 heteroatoms. The van der Waals surface area contributed by atoms with Gasteiger partial charge in [-0.25, -0.2) is 0 Å². The van der Waals surface area contributed by atoms with E-state index in [1.54, 1.807) is 6.07 Å². The van der Waals surface area contributed by atoms with E-state index in [0.717, 1.165) is 25.9 Å². The molecule has 2 aliphatic heterocycles. The van der Waals surface area contributed by atoms with E-state index in [-0.39, 0.29) is 11.4 Å². The zero-order valence-electron chi connectivity index (χ0n) is 9.46. The molecular formula is C13H14ClNO2. The number of halogens is 1. The summed E-state index contributed by atoms with van der Waals surface area (Å²) in [5.41, 5.74) is 0.248. The number of ketones is 1. The van der Waals surface area contributed by atoms with Crippen LogP contribution in [-0.4, -0.2) is 24.5 Å². The molecule has 1 aromatic carbocycles. The van der Waals surface area contributed by atoms with Crippen LogP contribution in [0.5, 0.6) is 5.75 Å². The van der Waals surface area contributed by atoms with Gasteiger partial charge in [0.2, 0.25) is 0 Å². The molecule has 1 fully saturated rings. The summed E-state index contributed by atoms with van der Waals surface area (Å²) in [5.74, 6) is 0.759. The SMILES string of the molecule is O=C1CC2(CCNCC2)Oc2cccc(Cl)c21. The van der Waals surface area contributed by atoms with E-state index < -0.39 is 0 Å².